The lowest BCUT2D eigenvalue weighted by molar-refractivity contribution is 0.0205. The molecule has 0 spiro atoms. The maximum atomic E-state index is 6.19. The molecular weight excluding hydrogens is 386 g/mol. The summed E-state index contributed by atoms with van der Waals surface area (Å²) in [5.41, 5.74) is 1.22. The Balaban J connectivity index is 2.09. The number of hydrogen-bond donors (Lipinski definition) is 1. The highest BCUT2D eigenvalue weighted by atomic mass is 79.9. The third-order valence-electron chi connectivity index (χ3n) is 3.63. The van der Waals surface area contributed by atoms with Crippen LogP contribution < -0.4 is 10.1 Å². The summed E-state index contributed by atoms with van der Waals surface area (Å²) in [5.74, 6) is 0.895. The second-order valence-electron chi connectivity index (χ2n) is 5.18. The number of nitrogens with one attached hydrogen (secondary N) is 1. The van der Waals surface area contributed by atoms with Gasteiger partial charge in [0.05, 0.1) is 15.0 Å². The van der Waals surface area contributed by atoms with E-state index in [0.717, 1.165) is 46.9 Å². The summed E-state index contributed by atoms with van der Waals surface area (Å²) in [4.78, 5) is 0. The van der Waals surface area contributed by atoms with E-state index in [9.17, 15) is 0 Å². The van der Waals surface area contributed by atoms with E-state index in [1.807, 2.05) is 7.05 Å². The van der Waals surface area contributed by atoms with Crippen LogP contribution in [0.3, 0.4) is 0 Å². The first-order chi connectivity index (χ1) is 9.63. The lowest BCUT2D eigenvalue weighted by Gasteiger charge is -2.29. The maximum Gasteiger partial charge on any atom is 0.148 e. The van der Waals surface area contributed by atoms with Crippen LogP contribution in [0.25, 0.3) is 0 Å². The standard InChI is InChI=1S/C15H21Br2NO2/c1-18-9-10-6-13(16)15(14(17)7-10)20-12-5-3-4-11(8-12)19-2/h6-7,11-12,18H,3-5,8-9H2,1-2H3. The van der Waals surface area contributed by atoms with Crippen LogP contribution in [0.15, 0.2) is 21.1 Å². The zero-order valence-electron chi connectivity index (χ0n) is 11.9. The van der Waals surface area contributed by atoms with E-state index in [1.54, 1.807) is 7.11 Å². The molecule has 0 aromatic heterocycles. The Morgan fingerprint density at radius 2 is 1.85 bits per heavy atom. The molecule has 0 amide bonds. The average molecular weight is 407 g/mol. The monoisotopic (exact) mass is 405 g/mol. The minimum Gasteiger partial charge on any atom is -0.488 e. The van der Waals surface area contributed by atoms with Crippen molar-refractivity contribution < 1.29 is 9.47 Å². The molecule has 0 radical (unpaired) electrons. The van der Waals surface area contributed by atoms with Crippen LogP contribution in [0.1, 0.15) is 31.2 Å². The van der Waals surface area contributed by atoms with Crippen molar-refractivity contribution >= 4 is 31.9 Å². The minimum absolute atomic E-state index is 0.233. The van der Waals surface area contributed by atoms with Crippen molar-refractivity contribution in [3.05, 3.63) is 26.6 Å². The molecule has 2 rings (SSSR count). The third-order valence-corrected chi connectivity index (χ3v) is 4.81. The van der Waals surface area contributed by atoms with Crippen LogP contribution in [-0.2, 0) is 11.3 Å². The van der Waals surface area contributed by atoms with Crippen molar-refractivity contribution in [1.29, 1.82) is 0 Å². The molecule has 1 aliphatic carbocycles. The topological polar surface area (TPSA) is 30.5 Å². The van der Waals surface area contributed by atoms with Gasteiger partial charge in [0.1, 0.15) is 11.9 Å². The summed E-state index contributed by atoms with van der Waals surface area (Å²) < 4.78 is 13.6. The van der Waals surface area contributed by atoms with E-state index in [2.05, 4.69) is 49.3 Å². The molecule has 0 bridgehead atoms. The number of benzene rings is 1. The Morgan fingerprint density at radius 3 is 2.45 bits per heavy atom. The quantitative estimate of drug-likeness (QED) is 0.791. The lowest BCUT2D eigenvalue weighted by Crippen LogP contribution is -2.29. The molecule has 0 aliphatic heterocycles. The summed E-state index contributed by atoms with van der Waals surface area (Å²) in [6.45, 7) is 0.840. The van der Waals surface area contributed by atoms with Crippen LogP contribution in [0.5, 0.6) is 5.75 Å². The summed E-state index contributed by atoms with van der Waals surface area (Å²) in [7, 11) is 3.73. The fourth-order valence-electron chi connectivity index (χ4n) is 2.62. The molecule has 5 heteroatoms. The molecule has 1 aromatic carbocycles. The molecule has 1 N–H and O–H groups in total. The van der Waals surface area contributed by atoms with Gasteiger partial charge in [-0.3, -0.25) is 0 Å². The second-order valence-corrected chi connectivity index (χ2v) is 6.89. The van der Waals surface area contributed by atoms with Gasteiger partial charge in [-0.25, -0.2) is 0 Å². The summed E-state index contributed by atoms with van der Waals surface area (Å²) in [6.07, 6.45) is 4.92. The third kappa shape index (κ3) is 4.20. The Hall–Kier alpha value is -0.100. The van der Waals surface area contributed by atoms with Crippen molar-refractivity contribution in [2.24, 2.45) is 0 Å². The van der Waals surface area contributed by atoms with Gasteiger partial charge in [0.2, 0.25) is 0 Å². The Bertz CT molecular complexity index is 430. The highest BCUT2D eigenvalue weighted by Gasteiger charge is 2.24. The van der Waals surface area contributed by atoms with Crippen molar-refractivity contribution in [2.75, 3.05) is 14.2 Å². The van der Waals surface area contributed by atoms with E-state index in [-0.39, 0.29) is 6.10 Å². The van der Waals surface area contributed by atoms with Crippen LogP contribution in [0, 0.1) is 0 Å². The first kappa shape index (κ1) is 16.3. The molecule has 20 heavy (non-hydrogen) atoms. The zero-order chi connectivity index (χ0) is 14.5. The number of rotatable bonds is 5. The van der Waals surface area contributed by atoms with Gasteiger partial charge in [-0.1, -0.05) is 0 Å². The highest BCUT2D eigenvalue weighted by Crippen LogP contribution is 2.37. The molecule has 2 unspecified atom stereocenters. The van der Waals surface area contributed by atoms with Gasteiger partial charge in [-0.15, -0.1) is 0 Å². The van der Waals surface area contributed by atoms with E-state index >= 15 is 0 Å². The fraction of sp³-hybridized carbons (Fsp3) is 0.600. The number of hydrogen-bond acceptors (Lipinski definition) is 3. The highest BCUT2D eigenvalue weighted by molar-refractivity contribution is 9.11. The number of ether oxygens (including phenoxy) is 2. The Morgan fingerprint density at radius 1 is 1.20 bits per heavy atom. The van der Waals surface area contributed by atoms with Gasteiger partial charge in [0.25, 0.3) is 0 Å². The maximum absolute atomic E-state index is 6.19. The Labute approximate surface area is 137 Å². The van der Waals surface area contributed by atoms with Crippen molar-refractivity contribution in [2.45, 2.75) is 44.4 Å². The molecule has 0 heterocycles. The first-order valence-electron chi connectivity index (χ1n) is 6.96. The largest absolute Gasteiger partial charge is 0.488 e. The molecule has 2 atom stereocenters. The smallest absolute Gasteiger partial charge is 0.148 e. The predicted octanol–water partition coefficient (Wildman–Crippen LogP) is 4.27. The van der Waals surface area contributed by atoms with E-state index in [1.165, 1.54) is 5.56 Å². The normalized spacial score (nSPS) is 22.8. The van der Waals surface area contributed by atoms with E-state index < -0.39 is 0 Å². The first-order valence-corrected chi connectivity index (χ1v) is 8.54. The predicted molar refractivity (Wildman–Crippen MR) is 88.3 cm³/mol. The van der Waals surface area contributed by atoms with Crippen LogP contribution in [0.2, 0.25) is 0 Å². The molecule has 3 nitrogen and oxygen atoms in total. The van der Waals surface area contributed by atoms with Crippen molar-refractivity contribution in [1.82, 2.24) is 5.32 Å². The average Bonchev–Trinajstić information content (AvgIpc) is 2.43. The summed E-state index contributed by atoms with van der Waals surface area (Å²) >= 11 is 7.23. The van der Waals surface area contributed by atoms with Gasteiger partial charge in [-0.05, 0) is 75.9 Å². The minimum atomic E-state index is 0.233. The number of methoxy groups -OCH3 is 1. The van der Waals surface area contributed by atoms with Gasteiger partial charge >= 0.3 is 0 Å². The number of halogens is 2. The van der Waals surface area contributed by atoms with E-state index in [0.29, 0.717) is 6.10 Å². The fourth-order valence-corrected chi connectivity index (χ4v) is 4.09. The van der Waals surface area contributed by atoms with Crippen molar-refractivity contribution in [3.63, 3.8) is 0 Å². The van der Waals surface area contributed by atoms with Gasteiger partial charge in [-0.2, -0.15) is 0 Å². The molecule has 1 aliphatic rings. The van der Waals surface area contributed by atoms with Crippen LogP contribution in [-0.4, -0.2) is 26.4 Å². The second kappa shape index (κ2) is 7.78. The molecule has 0 saturated heterocycles. The van der Waals surface area contributed by atoms with E-state index in [4.69, 9.17) is 9.47 Å². The van der Waals surface area contributed by atoms with Crippen LogP contribution in [0.4, 0.5) is 0 Å². The molecular formula is C15H21Br2NO2. The Kier molecular flexibility index (Phi) is 6.33. The van der Waals surface area contributed by atoms with Crippen LogP contribution >= 0.6 is 31.9 Å². The van der Waals surface area contributed by atoms with Gasteiger partial charge in [0, 0.05) is 20.1 Å². The van der Waals surface area contributed by atoms with Gasteiger partial charge < -0.3 is 14.8 Å². The summed E-state index contributed by atoms with van der Waals surface area (Å²) in [6, 6.07) is 4.21. The molecule has 1 fully saturated rings. The molecule has 1 saturated carbocycles. The lowest BCUT2D eigenvalue weighted by atomic mass is 9.95. The SMILES string of the molecule is CNCc1cc(Br)c(OC2CCCC(OC)C2)c(Br)c1. The van der Waals surface area contributed by atoms with Crippen molar-refractivity contribution in [3.8, 4) is 5.75 Å². The molecule has 112 valence electrons. The summed E-state index contributed by atoms with van der Waals surface area (Å²) in [5, 5.41) is 3.15. The molecule has 1 aromatic rings. The van der Waals surface area contributed by atoms with Gasteiger partial charge in [0.15, 0.2) is 0 Å². The zero-order valence-corrected chi connectivity index (χ0v) is 15.1.